The first-order chi connectivity index (χ1) is 8.13. The minimum Gasteiger partial charge on any atom is -0.469 e. The number of carbonyl (C=O) groups excluding carboxylic acids is 3. The van der Waals surface area contributed by atoms with Crippen LogP contribution >= 0.6 is 0 Å². The number of rotatable bonds is 5. The third kappa shape index (κ3) is 4.84. The quantitative estimate of drug-likeness (QED) is 0.506. The fraction of sp³-hybridized carbons (Fsp3) is 0.727. The van der Waals surface area contributed by atoms with Crippen molar-refractivity contribution in [3.8, 4) is 0 Å². The average molecular weight is 242 g/mol. The van der Waals surface area contributed by atoms with Gasteiger partial charge in [0.05, 0.1) is 13.0 Å². The van der Waals surface area contributed by atoms with Gasteiger partial charge in [-0.3, -0.25) is 14.4 Å². The molecule has 6 heteroatoms. The first-order valence-electron chi connectivity index (χ1n) is 5.74. The molecule has 1 aliphatic rings. The van der Waals surface area contributed by atoms with Crippen LogP contribution < -0.4 is 10.6 Å². The van der Waals surface area contributed by atoms with Crippen LogP contribution in [0.15, 0.2) is 0 Å². The minimum absolute atomic E-state index is 0.000240. The number of nitrogens with one attached hydrogen (secondary N) is 2. The molecule has 1 heterocycles. The van der Waals surface area contributed by atoms with Gasteiger partial charge in [-0.2, -0.15) is 0 Å². The summed E-state index contributed by atoms with van der Waals surface area (Å²) < 4.78 is 4.49. The Morgan fingerprint density at radius 1 is 1.53 bits per heavy atom. The molecule has 1 saturated heterocycles. The molecular weight excluding hydrogens is 224 g/mol. The van der Waals surface area contributed by atoms with E-state index < -0.39 is 0 Å². The van der Waals surface area contributed by atoms with Crippen LogP contribution in [0.5, 0.6) is 0 Å². The molecule has 2 amide bonds. The molecule has 0 spiro atoms. The van der Waals surface area contributed by atoms with Gasteiger partial charge in [0.1, 0.15) is 0 Å². The Bertz CT molecular complexity index is 294. The highest BCUT2D eigenvalue weighted by Crippen LogP contribution is 2.10. The number of piperidine rings is 1. The molecule has 6 nitrogen and oxygen atoms in total. The zero-order chi connectivity index (χ0) is 12.7. The van der Waals surface area contributed by atoms with Crippen LogP contribution in [0.3, 0.4) is 0 Å². The van der Waals surface area contributed by atoms with E-state index in [4.69, 9.17) is 0 Å². The molecular formula is C11H18N2O4. The van der Waals surface area contributed by atoms with Gasteiger partial charge in [-0.1, -0.05) is 0 Å². The highest BCUT2D eigenvalue weighted by molar-refractivity contribution is 5.83. The van der Waals surface area contributed by atoms with Crippen LogP contribution in [0.25, 0.3) is 0 Å². The monoisotopic (exact) mass is 242 g/mol. The third-order valence-electron chi connectivity index (χ3n) is 2.72. The molecule has 1 aliphatic heterocycles. The van der Waals surface area contributed by atoms with Gasteiger partial charge in [-0.05, 0) is 12.8 Å². The van der Waals surface area contributed by atoms with Crippen molar-refractivity contribution in [2.45, 2.75) is 25.7 Å². The predicted octanol–water partition coefficient (Wildman–Crippen LogP) is -0.418. The highest BCUT2D eigenvalue weighted by Gasteiger charge is 2.23. The van der Waals surface area contributed by atoms with Crippen molar-refractivity contribution in [1.82, 2.24) is 10.6 Å². The number of amides is 2. The smallest absolute Gasteiger partial charge is 0.305 e. The van der Waals surface area contributed by atoms with Crippen LogP contribution in [0.2, 0.25) is 0 Å². The summed E-state index contributed by atoms with van der Waals surface area (Å²) in [6, 6.07) is 0. The molecule has 0 aliphatic carbocycles. The Kier molecular flexibility index (Phi) is 5.45. The number of methoxy groups -OCH3 is 1. The Morgan fingerprint density at radius 2 is 2.29 bits per heavy atom. The van der Waals surface area contributed by atoms with Crippen molar-refractivity contribution in [2.24, 2.45) is 5.92 Å². The Balaban J connectivity index is 2.12. The molecule has 0 bridgehead atoms. The summed E-state index contributed by atoms with van der Waals surface area (Å²) >= 11 is 0. The lowest BCUT2D eigenvalue weighted by Crippen LogP contribution is -2.43. The summed E-state index contributed by atoms with van der Waals surface area (Å²) in [6.07, 6.45) is 1.87. The first-order valence-corrected chi connectivity index (χ1v) is 5.74. The summed E-state index contributed by atoms with van der Waals surface area (Å²) in [5, 5.41) is 5.41. The number of carbonyl (C=O) groups is 3. The van der Waals surface area contributed by atoms with E-state index in [0.717, 1.165) is 0 Å². The summed E-state index contributed by atoms with van der Waals surface area (Å²) in [5.41, 5.74) is 0. The zero-order valence-corrected chi connectivity index (χ0v) is 9.95. The Morgan fingerprint density at radius 3 is 2.88 bits per heavy atom. The second-order valence-electron chi connectivity index (χ2n) is 4.01. The van der Waals surface area contributed by atoms with Gasteiger partial charge >= 0.3 is 5.97 Å². The maximum Gasteiger partial charge on any atom is 0.305 e. The van der Waals surface area contributed by atoms with Crippen LogP contribution in [0.1, 0.15) is 25.7 Å². The van der Waals surface area contributed by atoms with E-state index in [1.807, 2.05) is 0 Å². The maximum absolute atomic E-state index is 11.6. The van der Waals surface area contributed by atoms with E-state index in [1.54, 1.807) is 0 Å². The Hall–Kier alpha value is -1.59. The number of hydrogen-bond acceptors (Lipinski definition) is 4. The first kappa shape index (κ1) is 13.5. The van der Waals surface area contributed by atoms with Crippen molar-refractivity contribution in [1.29, 1.82) is 0 Å². The molecule has 0 aromatic heterocycles. The summed E-state index contributed by atoms with van der Waals surface area (Å²) in [4.78, 5) is 33.4. The lowest BCUT2D eigenvalue weighted by Gasteiger charge is -2.21. The fourth-order valence-electron chi connectivity index (χ4n) is 1.65. The second-order valence-corrected chi connectivity index (χ2v) is 4.01. The SMILES string of the molecule is COC(=O)CCCNC(=O)C1CCC(=O)NC1. The van der Waals surface area contributed by atoms with Crippen molar-refractivity contribution in [3.05, 3.63) is 0 Å². The molecule has 0 radical (unpaired) electrons. The van der Waals surface area contributed by atoms with Gasteiger partial charge in [-0.15, -0.1) is 0 Å². The van der Waals surface area contributed by atoms with Crippen LogP contribution in [0.4, 0.5) is 0 Å². The predicted molar refractivity (Wildman–Crippen MR) is 60.0 cm³/mol. The molecule has 1 rings (SSSR count). The normalized spacial score (nSPS) is 19.4. The molecule has 0 aromatic rings. The van der Waals surface area contributed by atoms with Crippen molar-refractivity contribution >= 4 is 17.8 Å². The molecule has 17 heavy (non-hydrogen) atoms. The van der Waals surface area contributed by atoms with Gasteiger partial charge in [0.25, 0.3) is 0 Å². The van der Waals surface area contributed by atoms with Crippen LogP contribution in [0, 0.1) is 5.92 Å². The molecule has 1 atom stereocenters. The van der Waals surface area contributed by atoms with E-state index in [9.17, 15) is 14.4 Å². The number of ether oxygens (including phenoxy) is 1. The average Bonchev–Trinajstić information content (AvgIpc) is 2.34. The zero-order valence-electron chi connectivity index (χ0n) is 9.95. The largest absolute Gasteiger partial charge is 0.469 e. The van der Waals surface area contributed by atoms with Crippen LogP contribution in [-0.2, 0) is 19.1 Å². The lowest BCUT2D eigenvalue weighted by atomic mass is 9.98. The summed E-state index contributed by atoms with van der Waals surface area (Å²) in [6.45, 7) is 0.861. The highest BCUT2D eigenvalue weighted by atomic mass is 16.5. The standard InChI is InChI=1S/C11H18N2O4/c1-17-10(15)3-2-6-12-11(16)8-4-5-9(14)13-7-8/h8H,2-7H2,1H3,(H,12,16)(H,13,14). The van der Waals surface area contributed by atoms with Gasteiger partial charge in [0, 0.05) is 25.9 Å². The van der Waals surface area contributed by atoms with E-state index >= 15 is 0 Å². The second kappa shape index (κ2) is 6.88. The van der Waals surface area contributed by atoms with E-state index in [0.29, 0.717) is 38.8 Å². The summed E-state index contributed by atoms with van der Waals surface area (Å²) in [7, 11) is 1.34. The lowest BCUT2D eigenvalue weighted by molar-refractivity contribution is -0.141. The van der Waals surface area contributed by atoms with Gasteiger partial charge < -0.3 is 15.4 Å². The fourth-order valence-corrected chi connectivity index (χ4v) is 1.65. The molecule has 0 saturated carbocycles. The molecule has 1 unspecified atom stereocenters. The van der Waals surface area contributed by atoms with Gasteiger partial charge in [-0.25, -0.2) is 0 Å². The molecule has 96 valence electrons. The van der Waals surface area contributed by atoms with Crippen LogP contribution in [-0.4, -0.2) is 38.0 Å². The Labute approximate surface area is 100 Å². The summed E-state index contributed by atoms with van der Waals surface area (Å²) in [5.74, 6) is -0.482. The van der Waals surface area contributed by atoms with Crippen molar-refractivity contribution < 1.29 is 19.1 Å². The van der Waals surface area contributed by atoms with Gasteiger partial charge in [0.2, 0.25) is 11.8 Å². The molecule has 2 N–H and O–H groups in total. The minimum atomic E-state index is -0.274. The maximum atomic E-state index is 11.6. The topological polar surface area (TPSA) is 84.5 Å². The number of esters is 1. The van der Waals surface area contributed by atoms with Crippen molar-refractivity contribution in [2.75, 3.05) is 20.2 Å². The van der Waals surface area contributed by atoms with E-state index in [1.165, 1.54) is 7.11 Å². The number of hydrogen-bond donors (Lipinski definition) is 2. The van der Waals surface area contributed by atoms with E-state index in [-0.39, 0.29) is 23.7 Å². The molecule has 1 fully saturated rings. The van der Waals surface area contributed by atoms with E-state index in [2.05, 4.69) is 15.4 Å². The third-order valence-corrected chi connectivity index (χ3v) is 2.72. The molecule has 0 aromatic carbocycles. The van der Waals surface area contributed by atoms with Crippen molar-refractivity contribution in [3.63, 3.8) is 0 Å². The van der Waals surface area contributed by atoms with Gasteiger partial charge in [0.15, 0.2) is 0 Å².